The molecule has 0 radical (unpaired) electrons. The second-order valence-corrected chi connectivity index (χ2v) is 5.60. The molecule has 0 aliphatic heterocycles. The summed E-state index contributed by atoms with van der Waals surface area (Å²) < 4.78 is 0. The Kier molecular flexibility index (Phi) is 6.40. The predicted molar refractivity (Wildman–Crippen MR) is 65.0 cm³/mol. The first-order valence-corrected chi connectivity index (χ1v) is 4.29. The van der Waals surface area contributed by atoms with E-state index in [0.29, 0.717) is 0 Å². The maximum Gasteiger partial charge on any atom is 0.0153 e. The van der Waals surface area contributed by atoms with E-state index < -0.39 is 0 Å². The minimum Gasteiger partial charge on any atom is -0.325 e. The van der Waals surface area contributed by atoms with E-state index in [-0.39, 0.29) is 31.2 Å². The van der Waals surface area contributed by atoms with Gasteiger partial charge in [-0.1, -0.05) is 49.5 Å². The first-order valence-electron chi connectivity index (χ1n) is 4.29. The SMILES string of the molecule is C.C.CC(C)(C)C(C)(C)C(C)(C)N. The monoisotopic (exact) mass is 189 g/mol. The third-order valence-corrected chi connectivity index (χ3v) is 3.49. The van der Waals surface area contributed by atoms with E-state index in [1.807, 2.05) is 0 Å². The van der Waals surface area contributed by atoms with Crippen LogP contribution in [0.25, 0.3) is 0 Å². The topological polar surface area (TPSA) is 26.0 Å². The highest BCUT2D eigenvalue weighted by molar-refractivity contribution is 4.97. The van der Waals surface area contributed by atoms with Crippen LogP contribution in [0.1, 0.15) is 63.3 Å². The molecule has 0 fully saturated rings. The van der Waals surface area contributed by atoms with Crippen LogP contribution in [0.3, 0.4) is 0 Å². The molecule has 0 aromatic rings. The quantitative estimate of drug-likeness (QED) is 0.661. The summed E-state index contributed by atoms with van der Waals surface area (Å²) in [5, 5.41) is 0. The van der Waals surface area contributed by atoms with Gasteiger partial charge in [-0.3, -0.25) is 0 Å². The van der Waals surface area contributed by atoms with Crippen molar-refractivity contribution in [1.82, 2.24) is 0 Å². The van der Waals surface area contributed by atoms with Gasteiger partial charge in [-0.05, 0) is 24.7 Å². The van der Waals surface area contributed by atoms with E-state index in [9.17, 15) is 0 Å². The van der Waals surface area contributed by atoms with Crippen molar-refractivity contribution in [2.75, 3.05) is 0 Å². The number of rotatable bonds is 1. The summed E-state index contributed by atoms with van der Waals surface area (Å²) in [5.41, 5.74) is 6.39. The van der Waals surface area contributed by atoms with Gasteiger partial charge in [0.15, 0.2) is 0 Å². The minimum absolute atomic E-state index is 0. The molecule has 0 heterocycles. The molecule has 0 saturated heterocycles. The Hall–Kier alpha value is -0.0400. The molecule has 0 rings (SSSR count). The molecule has 0 spiro atoms. The summed E-state index contributed by atoms with van der Waals surface area (Å²) in [5.74, 6) is 0. The molecule has 0 unspecified atom stereocenters. The van der Waals surface area contributed by atoms with Gasteiger partial charge in [0.1, 0.15) is 0 Å². The Morgan fingerprint density at radius 3 is 0.923 bits per heavy atom. The van der Waals surface area contributed by atoms with Crippen LogP contribution < -0.4 is 5.73 Å². The summed E-state index contributed by atoms with van der Waals surface area (Å²) in [6.45, 7) is 15.4. The van der Waals surface area contributed by atoms with Gasteiger partial charge in [-0.2, -0.15) is 0 Å². The lowest BCUT2D eigenvalue weighted by atomic mass is 9.60. The zero-order chi connectivity index (χ0) is 9.50. The van der Waals surface area contributed by atoms with E-state index in [0.717, 1.165) is 0 Å². The minimum atomic E-state index is -0.120. The van der Waals surface area contributed by atoms with E-state index in [2.05, 4.69) is 48.5 Å². The van der Waals surface area contributed by atoms with E-state index >= 15 is 0 Å². The van der Waals surface area contributed by atoms with Crippen molar-refractivity contribution in [2.24, 2.45) is 16.6 Å². The van der Waals surface area contributed by atoms with Crippen LogP contribution in [0.15, 0.2) is 0 Å². The Balaban J connectivity index is -0.000000500. The summed E-state index contributed by atoms with van der Waals surface area (Å²) in [7, 11) is 0. The molecule has 0 aliphatic carbocycles. The molecule has 0 saturated carbocycles. The maximum absolute atomic E-state index is 6.10. The number of nitrogens with two attached hydrogens (primary N) is 1. The van der Waals surface area contributed by atoms with Gasteiger partial charge in [-0.15, -0.1) is 0 Å². The van der Waals surface area contributed by atoms with Crippen LogP contribution in [0.2, 0.25) is 0 Å². The Morgan fingerprint density at radius 2 is 0.923 bits per heavy atom. The number of hydrogen-bond donors (Lipinski definition) is 1. The largest absolute Gasteiger partial charge is 0.325 e. The second kappa shape index (κ2) is 4.45. The second-order valence-electron chi connectivity index (χ2n) is 5.60. The average molecular weight is 189 g/mol. The van der Waals surface area contributed by atoms with Gasteiger partial charge in [0, 0.05) is 5.54 Å². The van der Waals surface area contributed by atoms with E-state index in [1.54, 1.807) is 0 Å². The Morgan fingerprint density at radius 1 is 0.692 bits per heavy atom. The van der Waals surface area contributed by atoms with Crippen molar-refractivity contribution in [3.05, 3.63) is 0 Å². The van der Waals surface area contributed by atoms with Crippen molar-refractivity contribution in [3.63, 3.8) is 0 Å². The van der Waals surface area contributed by atoms with Crippen LogP contribution in [0.5, 0.6) is 0 Å². The molecule has 0 aromatic carbocycles. The fraction of sp³-hybridized carbons (Fsp3) is 1.00. The van der Waals surface area contributed by atoms with Crippen LogP contribution >= 0.6 is 0 Å². The van der Waals surface area contributed by atoms with Gasteiger partial charge in [0.05, 0.1) is 0 Å². The molecule has 0 aromatic heterocycles. The summed E-state index contributed by atoms with van der Waals surface area (Å²) in [6, 6.07) is 0. The van der Waals surface area contributed by atoms with Gasteiger partial charge < -0.3 is 5.73 Å². The number of hydrogen-bond acceptors (Lipinski definition) is 1. The molecule has 0 atom stereocenters. The molecular formula is C12H31N. The van der Waals surface area contributed by atoms with Crippen LogP contribution in [0.4, 0.5) is 0 Å². The fourth-order valence-electron chi connectivity index (χ4n) is 0.967. The van der Waals surface area contributed by atoms with Gasteiger partial charge in [0.25, 0.3) is 0 Å². The van der Waals surface area contributed by atoms with Crippen molar-refractivity contribution < 1.29 is 0 Å². The van der Waals surface area contributed by atoms with Gasteiger partial charge in [-0.25, -0.2) is 0 Å². The molecule has 1 heteroatoms. The van der Waals surface area contributed by atoms with Crippen LogP contribution in [0, 0.1) is 10.8 Å². The average Bonchev–Trinajstić information content (AvgIpc) is 1.58. The van der Waals surface area contributed by atoms with E-state index in [1.165, 1.54) is 0 Å². The molecule has 1 nitrogen and oxygen atoms in total. The van der Waals surface area contributed by atoms with Crippen molar-refractivity contribution in [2.45, 2.75) is 68.9 Å². The summed E-state index contributed by atoms with van der Waals surface area (Å²) in [4.78, 5) is 0. The summed E-state index contributed by atoms with van der Waals surface area (Å²) in [6.07, 6.45) is 0. The molecule has 0 bridgehead atoms. The van der Waals surface area contributed by atoms with E-state index in [4.69, 9.17) is 5.73 Å². The van der Waals surface area contributed by atoms with Crippen molar-refractivity contribution in [1.29, 1.82) is 0 Å². The van der Waals surface area contributed by atoms with Crippen LogP contribution in [-0.2, 0) is 0 Å². The zero-order valence-electron chi connectivity index (χ0n) is 9.08. The highest BCUT2D eigenvalue weighted by Crippen LogP contribution is 2.44. The smallest absolute Gasteiger partial charge is 0.0153 e. The molecule has 0 amide bonds. The molecular weight excluding hydrogens is 158 g/mol. The fourth-order valence-corrected chi connectivity index (χ4v) is 0.967. The maximum atomic E-state index is 6.10. The Labute approximate surface area is 86.1 Å². The normalized spacial score (nSPS) is 12.9. The predicted octanol–water partition coefficient (Wildman–Crippen LogP) is 4.07. The van der Waals surface area contributed by atoms with Crippen LogP contribution in [-0.4, -0.2) is 5.54 Å². The van der Waals surface area contributed by atoms with Crippen molar-refractivity contribution >= 4 is 0 Å². The lowest BCUT2D eigenvalue weighted by molar-refractivity contribution is 0.0510. The molecule has 2 N–H and O–H groups in total. The highest BCUT2D eigenvalue weighted by Gasteiger charge is 2.42. The third kappa shape index (κ3) is 3.68. The van der Waals surface area contributed by atoms with Crippen molar-refractivity contribution in [3.8, 4) is 0 Å². The van der Waals surface area contributed by atoms with Gasteiger partial charge in [0.2, 0.25) is 0 Å². The standard InChI is InChI=1S/C10H23N.2CH4/c1-8(2,3)9(4,5)10(6,7)11;;/h11H2,1-7H3;2*1H4. The third-order valence-electron chi connectivity index (χ3n) is 3.49. The summed E-state index contributed by atoms with van der Waals surface area (Å²) >= 11 is 0. The zero-order valence-corrected chi connectivity index (χ0v) is 9.08. The first kappa shape index (κ1) is 18.7. The lowest BCUT2D eigenvalue weighted by Gasteiger charge is -2.48. The molecule has 0 aliphatic rings. The Bertz CT molecular complexity index is 116. The molecule has 84 valence electrons. The highest BCUT2D eigenvalue weighted by atomic mass is 14.8. The lowest BCUT2D eigenvalue weighted by Crippen LogP contribution is -2.53. The molecule has 13 heavy (non-hydrogen) atoms. The first-order chi connectivity index (χ1) is 4.50. The van der Waals surface area contributed by atoms with Gasteiger partial charge >= 0.3 is 0 Å².